The van der Waals surface area contributed by atoms with Gasteiger partial charge in [-0.3, -0.25) is 9.69 Å². The number of piperidine rings is 1. The Morgan fingerprint density at radius 3 is 2.82 bits per heavy atom. The molecule has 1 saturated heterocycles. The van der Waals surface area contributed by atoms with E-state index in [0.29, 0.717) is 0 Å². The highest BCUT2D eigenvalue weighted by Crippen LogP contribution is 2.22. The van der Waals surface area contributed by atoms with Crippen LogP contribution in [-0.4, -0.2) is 44.1 Å². The number of benzene rings is 2. The Balaban J connectivity index is 1.38. The molecule has 0 saturated carbocycles. The van der Waals surface area contributed by atoms with Gasteiger partial charge in [0.2, 0.25) is 5.91 Å². The Morgan fingerprint density at radius 2 is 2.07 bits per heavy atom. The van der Waals surface area contributed by atoms with E-state index >= 15 is 0 Å². The van der Waals surface area contributed by atoms with Crippen molar-refractivity contribution < 1.29 is 4.79 Å². The number of tetrazole rings is 1. The summed E-state index contributed by atoms with van der Waals surface area (Å²) in [7, 11) is 0. The maximum absolute atomic E-state index is 12.8. The van der Waals surface area contributed by atoms with Crippen LogP contribution < -0.4 is 5.32 Å². The van der Waals surface area contributed by atoms with Crippen molar-refractivity contribution in [3.05, 3.63) is 66.0 Å². The van der Waals surface area contributed by atoms with E-state index in [1.807, 2.05) is 31.2 Å². The van der Waals surface area contributed by atoms with Gasteiger partial charge in [0, 0.05) is 18.8 Å². The van der Waals surface area contributed by atoms with Crippen LogP contribution in [-0.2, 0) is 11.3 Å². The standard InChI is InChI=1S/C21H24N6O/c1-16-12-19(9-10-20(16)27-15-22-24-25-27)23-21(28)18-8-5-11-26(14-18)13-17-6-3-2-4-7-17/h2-4,6-7,9-10,12,15,18H,5,8,11,13-14H2,1H3,(H,23,28). The average molecular weight is 376 g/mol. The first kappa shape index (κ1) is 18.3. The zero-order valence-corrected chi connectivity index (χ0v) is 16.0. The maximum Gasteiger partial charge on any atom is 0.228 e. The predicted octanol–water partition coefficient (Wildman–Crippen LogP) is 2.82. The Bertz CT molecular complexity index is 925. The fraction of sp³-hybridized carbons (Fsp3) is 0.333. The first-order chi connectivity index (χ1) is 13.7. The molecule has 2 heterocycles. The summed E-state index contributed by atoms with van der Waals surface area (Å²) < 4.78 is 1.61. The summed E-state index contributed by atoms with van der Waals surface area (Å²) in [4.78, 5) is 15.2. The van der Waals surface area contributed by atoms with Crippen LogP contribution >= 0.6 is 0 Å². The van der Waals surface area contributed by atoms with Gasteiger partial charge in [-0.15, -0.1) is 5.10 Å². The van der Waals surface area contributed by atoms with E-state index in [4.69, 9.17) is 0 Å². The monoisotopic (exact) mass is 376 g/mol. The molecular weight excluding hydrogens is 352 g/mol. The molecule has 1 atom stereocenters. The molecule has 1 fully saturated rings. The fourth-order valence-electron chi connectivity index (χ4n) is 3.76. The molecule has 1 unspecified atom stereocenters. The van der Waals surface area contributed by atoms with Crippen LogP contribution in [0.1, 0.15) is 24.0 Å². The quantitative estimate of drug-likeness (QED) is 0.741. The minimum absolute atomic E-state index is 0.0111. The number of hydrogen-bond donors (Lipinski definition) is 1. The molecule has 7 nitrogen and oxygen atoms in total. The Kier molecular flexibility index (Phi) is 5.43. The summed E-state index contributed by atoms with van der Waals surface area (Å²) in [5.74, 6) is 0.101. The number of aryl methyl sites for hydroxylation is 1. The molecule has 1 aromatic heterocycles. The molecular formula is C21H24N6O. The molecule has 0 spiro atoms. The van der Waals surface area contributed by atoms with Crippen molar-refractivity contribution in [3.8, 4) is 5.69 Å². The van der Waals surface area contributed by atoms with Crippen molar-refractivity contribution in [2.75, 3.05) is 18.4 Å². The topological polar surface area (TPSA) is 75.9 Å². The van der Waals surface area contributed by atoms with E-state index in [1.165, 1.54) is 5.56 Å². The molecule has 144 valence electrons. The minimum atomic E-state index is 0.0111. The van der Waals surface area contributed by atoms with Gasteiger partial charge in [0.15, 0.2) is 0 Å². The largest absolute Gasteiger partial charge is 0.326 e. The number of rotatable bonds is 5. The molecule has 1 aliphatic heterocycles. The van der Waals surface area contributed by atoms with Gasteiger partial charge in [-0.25, -0.2) is 4.68 Å². The number of anilines is 1. The van der Waals surface area contributed by atoms with E-state index in [0.717, 1.165) is 49.4 Å². The van der Waals surface area contributed by atoms with Gasteiger partial charge in [-0.2, -0.15) is 0 Å². The highest BCUT2D eigenvalue weighted by atomic mass is 16.1. The number of hydrogen-bond acceptors (Lipinski definition) is 5. The van der Waals surface area contributed by atoms with E-state index in [2.05, 4.69) is 50.0 Å². The van der Waals surface area contributed by atoms with Crippen LogP contribution in [0.5, 0.6) is 0 Å². The van der Waals surface area contributed by atoms with Crippen molar-refractivity contribution in [2.24, 2.45) is 5.92 Å². The normalized spacial score (nSPS) is 17.4. The van der Waals surface area contributed by atoms with Crippen molar-refractivity contribution in [1.29, 1.82) is 0 Å². The summed E-state index contributed by atoms with van der Waals surface area (Å²) in [5, 5.41) is 14.3. The first-order valence-electron chi connectivity index (χ1n) is 9.60. The van der Waals surface area contributed by atoms with Gasteiger partial charge in [-0.05, 0) is 66.1 Å². The highest BCUT2D eigenvalue weighted by molar-refractivity contribution is 5.93. The molecule has 3 aromatic rings. The lowest BCUT2D eigenvalue weighted by Gasteiger charge is -2.32. The molecule has 1 aliphatic rings. The molecule has 0 radical (unpaired) electrons. The number of amides is 1. The second-order valence-corrected chi connectivity index (χ2v) is 7.30. The van der Waals surface area contributed by atoms with Crippen molar-refractivity contribution in [3.63, 3.8) is 0 Å². The summed E-state index contributed by atoms with van der Waals surface area (Å²) >= 11 is 0. The van der Waals surface area contributed by atoms with Gasteiger partial charge >= 0.3 is 0 Å². The Hall–Kier alpha value is -3.06. The number of aromatic nitrogens is 4. The fourth-order valence-corrected chi connectivity index (χ4v) is 3.76. The van der Waals surface area contributed by atoms with Gasteiger partial charge in [0.1, 0.15) is 6.33 Å². The van der Waals surface area contributed by atoms with E-state index in [-0.39, 0.29) is 11.8 Å². The maximum atomic E-state index is 12.8. The SMILES string of the molecule is Cc1cc(NC(=O)C2CCCN(Cc3ccccc3)C2)ccc1-n1cnnn1. The second kappa shape index (κ2) is 8.31. The number of carbonyl (C=O) groups excluding carboxylic acids is 1. The van der Waals surface area contributed by atoms with Crippen LogP contribution in [0.2, 0.25) is 0 Å². The molecule has 1 N–H and O–H groups in total. The zero-order valence-electron chi connectivity index (χ0n) is 16.0. The summed E-state index contributed by atoms with van der Waals surface area (Å²) in [5.41, 5.74) is 3.99. The van der Waals surface area contributed by atoms with Gasteiger partial charge < -0.3 is 5.32 Å². The molecule has 0 bridgehead atoms. The second-order valence-electron chi connectivity index (χ2n) is 7.30. The number of carbonyl (C=O) groups is 1. The molecule has 7 heteroatoms. The third kappa shape index (κ3) is 4.26. The number of nitrogens with zero attached hydrogens (tertiary/aromatic N) is 5. The van der Waals surface area contributed by atoms with E-state index in [1.54, 1.807) is 11.0 Å². The lowest BCUT2D eigenvalue weighted by Crippen LogP contribution is -2.40. The third-order valence-electron chi connectivity index (χ3n) is 5.19. The predicted molar refractivity (Wildman–Crippen MR) is 107 cm³/mol. The average Bonchev–Trinajstić information content (AvgIpc) is 3.23. The van der Waals surface area contributed by atoms with Crippen molar-refractivity contribution in [1.82, 2.24) is 25.1 Å². The minimum Gasteiger partial charge on any atom is -0.326 e. The van der Waals surface area contributed by atoms with E-state index in [9.17, 15) is 4.79 Å². The third-order valence-corrected chi connectivity index (χ3v) is 5.19. The summed E-state index contributed by atoms with van der Waals surface area (Å²) in [6, 6.07) is 16.2. The lowest BCUT2D eigenvalue weighted by atomic mass is 9.96. The number of nitrogens with one attached hydrogen (secondary N) is 1. The molecule has 28 heavy (non-hydrogen) atoms. The zero-order chi connectivity index (χ0) is 19.3. The first-order valence-corrected chi connectivity index (χ1v) is 9.60. The molecule has 4 rings (SSSR count). The van der Waals surface area contributed by atoms with Gasteiger partial charge in [-0.1, -0.05) is 30.3 Å². The van der Waals surface area contributed by atoms with Crippen LogP contribution in [0.15, 0.2) is 54.9 Å². The van der Waals surface area contributed by atoms with Crippen molar-refractivity contribution >= 4 is 11.6 Å². The molecule has 2 aromatic carbocycles. The van der Waals surface area contributed by atoms with Crippen LogP contribution in [0.3, 0.4) is 0 Å². The molecule has 1 amide bonds. The molecule has 0 aliphatic carbocycles. The van der Waals surface area contributed by atoms with Crippen LogP contribution in [0.25, 0.3) is 5.69 Å². The summed E-state index contributed by atoms with van der Waals surface area (Å²) in [6.45, 7) is 4.71. The van der Waals surface area contributed by atoms with Gasteiger partial charge in [0.25, 0.3) is 0 Å². The smallest absolute Gasteiger partial charge is 0.228 e. The Labute approximate surface area is 164 Å². The van der Waals surface area contributed by atoms with Gasteiger partial charge in [0.05, 0.1) is 11.6 Å². The summed E-state index contributed by atoms with van der Waals surface area (Å²) in [6.07, 6.45) is 3.53. The number of likely N-dealkylation sites (tertiary alicyclic amines) is 1. The van der Waals surface area contributed by atoms with Crippen LogP contribution in [0.4, 0.5) is 5.69 Å². The Morgan fingerprint density at radius 1 is 1.21 bits per heavy atom. The van der Waals surface area contributed by atoms with Crippen molar-refractivity contribution in [2.45, 2.75) is 26.3 Å². The lowest BCUT2D eigenvalue weighted by molar-refractivity contribution is -0.121. The van der Waals surface area contributed by atoms with Crippen LogP contribution in [0, 0.1) is 12.8 Å². The highest BCUT2D eigenvalue weighted by Gasteiger charge is 2.26. The van der Waals surface area contributed by atoms with E-state index < -0.39 is 0 Å².